The van der Waals surface area contributed by atoms with Gasteiger partial charge in [0.25, 0.3) is 0 Å². The Morgan fingerprint density at radius 1 is 1.11 bits per heavy atom. The van der Waals surface area contributed by atoms with Crippen LogP contribution < -0.4 is 0 Å². The highest BCUT2D eigenvalue weighted by atomic mass is 16.3. The predicted molar refractivity (Wildman–Crippen MR) is 98.5 cm³/mol. The van der Waals surface area contributed by atoms with Gasteiger partial charge >= 0.3 is 0 Å². The average molecular weight is 365 g/mol. The molecule has 27 heavy (non-hydrogen) atoms. The van der Waals surface area contributed by atoms with Crippen LogP contribution >= 0.6 is 0 Å². The molecule has 1 aliphatic carbocycles. The van der Waals surface area contributed by atoms with Crippen molar-refractivity contribution in [3.05, 3.63) is 54.8 Å². The molecule has 140 valence electrons. The fourth-order valence-electron chi connectivity index (χ4n) is 4.62. The molecule has 0 radical (unpaired) electrons. The van der Waals surface area contributed by atoms with Crippen LogP contribution in [0.15, 0.2) is 53.7 Å². The minimum atomic E-state index is -0.318. The molecule has 1 N–H and O–H groups in total. The number of likely N-dealkylation sites (tertiary alicyclic amines) is 1. The Bertz CT molecular complexity index is 862. The maximum atomic E-state index is 10.6. The Hall–Kier alpha value is -2.51. The van der Waals surface area contributed by atoms with E-state index in [1.165, 1.54) is 0 Å². The van der Waals surface area contributed by atoms with E-state index in [4.69, 9.17) is 4.42 Å². The van der Waals surface area contributed by atoms with Crippen molar-refractivity contribution in [2.45, 2.75) is 31.5 Å². The Morgan fingerprint density at radius 2 is 1.93 bits per heavy atom. The SMILES string of the molecule is O[C@@H]1C[C@H]2CN(Cc3cnc(-c4ccco4)nc3)C[C@H]2C[C@H]1n1cccn1. The van der Waals surface area contributed by atoms with E-state index < -0.39 is 0 Å². The molecule has 0 amide bonds. The second-order valence-corrected chi connectivity index (χ2v) is 7.70. The number of nitrogens with zero attached hydrogens (tertiary/aromatic N) is 5. The normalized spacial score (nSPS) is 28.3. The van der Waals surface area contributed by atoms with Gasteiger partial charge in [0.2, 0.25) is 0 Å². The fourth-order valence-corrected chi connectivity index (χ4v) is 4.62. The third-order valence-electron chi connectivity index (χ3n) is 5.90. The molecule has 7 nitrogen and oxygen atoms in total. The molecule has 1 aliphatic heterocycles. The average Bonchev–Trinajstić information content (AvgIpc) is 3.43. The number of fused-ring (bicyclic) bond motifs is 1. The standard InChI is InChI=1S/C20H23N5O2/c26-18-8-16-13-24(12-15(16)7-17(18)25-5-2-4-23-25)11-14-9-21-20(22-10-14)19-3-1-6-27-19/h1-6,9-10,15-18,26H,7-8,11-13H2/t15-,16+,17-,18-/m1/s1. The fraction of sp³-hybridized carbons (Fsp3) is 0.450. The van der Waals surface area contributed by atoms with Crippen molar-refractivity contribution in [2.75, 3.05) is 13.1 Å². The number of hydrogen-bond donors (Lipinski definition) is 1. The van der Waals surface area contributed by atoms with Gasteiger partial charge in [-0.2, -0.15) is 5.10 Å². The molecule has 3 aromatic rings. The van der Waals surface area contributed by atoms with Gasteiger partial charge in [-0.25, -0.2) is 9.97 Å². The van der Waals surface area contributed by atoms with Crippen molar-refractivity contribution in [3.8, 4) is 11.6 Å². The van der Waals surface area contributed by atoms with E-state index in [1.54, 1.807) is 12.5 Å². The largest absolute Gasteiger partial charge is 0.461 e. The number of furan rings is 1. The van der Waals surface area contributed by atoms with Crippen molar-refractivity contribution in [1.82, 2.24) is 24.6 Å². The zero-order chi connectivity index (χ0) is 18.2. The third-order valence-corrected chi connectivity index (χ3v) is 5.90. The summed E-state index contributed by atoms with van der Waals surface area (Å²) >= 11 is 0. The molecule has 4 atom stereocenters. The summed E-state index contributed by atoms with van der Waals surface area (Å²) in [7, 11) is 0. The number of rotatable bonds is 4. The highest BCUT2D eigenvalue weighted by Crippen LogP contribution is 2.41. The molecule has 2 fully saturated rings. The van der Waals surface area contributed by atoms with Crippen molar-refractivity contribution in [1.29, 1.82) is 0 Å². The highest BCUT2D eigenvalue weighted by molar-refractivity contribution is 5.45. The second kappa shape index (κ2) is 6.90. The molecule has 0 bridgehead atoms. The molecule has 0 spiro atoms. The Kier molecular flexibility index (Phi) is 4.26. The molecule has 0 unspecified atom stereocenters. The van der Waals surface area contributed by atoms with Gasteiger partial charge in [-0.05, 0) is 42.9 Å². The lowest BCUT2D eigenvalue weighted by Gasteiger charge is -2.35. The van der Waals surface area contributed by atoms with Crippen molar-refractivity contribution in [3.63, 3.8) is 0 Å². The van der Waals surface area contributed by atoms with Crippen molar-refractivity contribution in [2.24, 2.45) is 11.8 Å². The first kappa shape index (κ1) is 16.6. The summed E-state index contributed by atoms with van der Waals surface area (Å²) in [6.07, 6.45) is 10.6. The molecule has 2 aliphatic rings. The topological polar surface area (TPSA) is 80.2 Å². The zero-order valence-corrected chi connectivity index (χ0v) is 15.1. The lowest BCUT2D eigenvalue weighted by atomic mass is 9.77. The highest BCUT2D eigenvalue weighted by Gasteiger charge is 2.42. The third kappa shape index (κ3) is 3.28. The molecule has 4 heterocycles. The van der Waals surface area contributed by atoms with Gasteiger partial charge in [0.1, 0.15) is 0 Å². The first-order valence-corrected chi connectivity index (χ1v) is 9.50. The summed E-state index contributed by atoms with van der Waals surface area (Å²) in [5, 5.41) is 14.9. The molecule has 3 aromatic heterocycles. The zero-order valence-electron chi connectivity index (χ0n) is 15.1. The Balaban J connectivity index is 1.23. The summed E-state index contributed by atoms with van der Waals surface area (Å²) < 4.78 is 7.26. The number of aliphatic hydroxyl groups excluding tert-OH is 1. The lowest BCUT2D eigenvalue weighted by molar-refractivity contribution is 0.0306. The Morgan fingerprint density at radius 3 is 2.63 bits per heavy atom. The van der Waals surface area contributed by atoms with Crippen LogP contribution in [-0.4, -0.2) is 48.9 Å². The van der Waals surface area contributed by atoms with Gasteiger partial charge < -0.3 is 9.52 Å². The first-order valence-electron chi connectivity index (χ1n) is 9.50. The summed E-state index contributed by atoms with van der Waals surface area (Å²) in [5.74, 6) is 2.46. The van der Waals surface area contributed by atoms with E-state index in [0.717, 1.165) is 38.0 Å². The number of aliphatic hydroxyl groups is 1. The van der Waals surface area contributed by atoms with Crippen LogP contribution in [0.5, 0.6) is 0 Å². The molecule has 7 heteroatoms. The van der Waals surface area contributed by atoms with Gasteiger partial charge in [0, 0.05) is 50.0 Å². The molecule has 0 aromatic carbocycles. The number of aromatic nitrogens is 4. The van der Waals surface area contributed by atoms with Crippen LogP contribution in [0.2, 0.25) is 0 Å². The van der Waals surface area contributed by atoms with Gasteiger partial charge in [-0.3, -0.25) is 9.58 Å². The first-order chi connectivity index (χ1) is 13.3. The number of hydrogen-bond acceptors (Lipinski definition) is 6. The summed E-state index contributed by atoms with van der Waals surface area (Å²) in [5.41, 5.74) is 1.10. The van der Waals surface area contributed by atoms with E-state index in [-0.39, 0.29) is 12.1 Å². The van der Waals surface area contributed by atoms with Gasteiger partial charge in [-0.15, -0.1) is 0 Å². The molecule has 1 saturated carbocycles. The van der Waals surface area contributed by atoms with E-state index >= 15 is 0 Å². The predicted octanol–water partition coefficient (Wildman–Crippen LogP) is 2.38. The van der Waals surface area contributed by atoms with Crippen molar-refractivity contribution < 1.29 is 9.52 Å². The summed E-state index contributed by atoms with van der Waals surface area (Å²) in [6, 6.07) is 5.72. The maximum Gasteiger partial charge on any atom is 0.195 e. The molecular formula is C20H23N5O2. The van der Waals surface area contributed by atoms with Gasteiger partial charge in [0.15, 0.2) is 11.6 Å². The minimum Gasteiger partial charge on any atom is -0.461 e. The van der Waals surface area contributed by atoms with E-state index in [0.29, 0.717) is 23.4 Å². The molecular weight excluding hydrogens is 342 g/mol. The van der Waals surface area contributed by atoms with Crippen LogP contribution in [0.1, 0.15) is 24.4 Å². The van der Waals surface area contributed by atoms with E-state index in [1.807, 2.05) is 41.5 Å². The van der Waals surface area contributed by atoms with E-state index in [9.17, 15) is 5.11 Å². The van der Waals surface area contributed by atoms with Crippen LogP contribution in [0, 0.1) is 11.8 Å². The van der Waals surface area contributed by atoms with E-state index in [2.05, 4.69) is 20.0 Å². The van der Waals surface area contributed by atoms with Gasteiger partial charge in [0.05, 0.1) is 18.4 Å². The maximum absolute atomic E-state index is 10.6. The van der Waals surface area contributed by atoms with Gasteiger partial charge in [-0.1, -0.05) is 0 Å². The second-order valence-electron chi connectivity index (χ2n) is 7.70. The monoisotopic (exact) mass is 365 g/mol. The lowest BCUT2D eigenvalue weighted by Crippen LogP contribution is -2.36. The molecule has 5 rings (SSSR count). The van der Waals surface area contributed by atoms with Crippen LogP contribution in [-0.2, 0) is 6.54 Å². The van der Waals surface area contributed by atoms with Crippen LogP contribution in [0.25, 0.3) is 11.6 Å². The minimum absolute atomic E-state index is 0.0945. The quantitative estimate of drug-likeness (QED) is 0.765. The smallest absolute Gasteiger partial charge is 0.195 e. The van der Waals surface area contributed by atoms with Crippen LogP contribution in [0.3, 0.4) is 0 Å². The van der Waals surface area contributed by atoms with Crippen LogP contribution in [0.4, 0.5) is 0 Å². The summed E-state index contributed by atoms with van der Waals surface area (Å²) in [6.45, 7) is 2.91. The summed E-state index contributed by atoms with van der Waals surface area (Å²) in [4.78, 5) is 11.3. The Labute approximate surface area is 157 Å². The van der Waals surface area contributed by atoms with Crippen molar-refractivity contribution >= 4 is 0 Å². The molecule has 1 saturated heterocycles.